The monoisotopic (exact) mass is 285 g/mol. The summed E-state index contributed by atoms with van der Waals surface area (Å²) in [6.07, 6.45) is 0.871. The summed E-state index contributed by atoms with van der Waals surface area (Å²) < 4.78 is 27.8. The van der Waals surface area contributed by atoms with Crippen molar-refractivity contribution in [1.29, 1.82) is 0 Å². The topological polar surface area (TPSA) is 55.4 Å². The van der Waals surface area contributed by atoms with Crippen LogP contribution in [0.25, 0.3) is 0 Å². The normalized spacial score (nSPS) is 13.2. The van der Waals surface area contributed by atoms with Crippen molar-refractivity contribution in [2.45, 2.75) is 26.3 Å². The van der Waals surface area contributed by atoms with Crippen molar-refractivity contribution in [2.75, 3.05) is 25.2 Å². The molecule has 0 aliphatic rings. The van der Waals surface area contributed by atoms with Crippen molar-refractivity contribution in [3.05, 3.63) is 29.8 Å². The Kier molecular flexibility index (Phi) is 6.31. The van der Waals surface area contributed by atoms with E-state index in [1.807, 2.05) is 24.3 Å². The lowest BCUT2D eigenvalue weighted by molar-refractivity contribution is 0.414. The number of rotatable bonds is 8. The van der Waals surface area contributed by atoms with E-state index < -0.39 is 9.84 Å². The summed E-state index contributed by atoms with van der Waals surface area (Å²) in [6, 6.07) is 8.17. The summed E-state index contributed by atoms with van der Waals surface area (Å²) >= 11 is 0. The average Bonchev–Trinajstić information content (AvgIpc) is 2.39. The van der Waals surface area contributed by atoms with Crippen LogP contribution in [0.3, 0.4) is 0 Å². The third-order valence-corrected chi connectivity index (χ3v) is 4.75. The Bertz CT molecular complexity index is 468. The summed E-state index contributed by atoms with van der Waals surface area (Å²) in [5.74, 6) is 1.26. The number of hydrogen-bond acceptors (Lipinski definition) is 4. The molecule has 1 atom stereocenters. The molecule has 0 fully saturated rings. The fourth-order valence-electron chi connectivity index (χ4n) is 1.79. The van der Waals surface area contributed by atoms with Gasteiger partial charge in [-0.25, -0.2) is 8.42 Å². The molecule has 1 N–H and O–H groups in total. The second-order valence-electron chi connectivity index (χ2n) is 4.64. The number of methoxy groups -OCH3 is 1. The summed E-state index contributed by atoms with van der Waals surface area (Å²) in [4.78, 5) is 0. The first-order valence-electron chi connectivity index (χ1n) is 6.53. The Morgan fingerprint density at radius 1 is 1.26 bits per heavy atom. The third kappa shape index (κ3) is 6.07. The second-order valence-corrected chi connectivity index (χ2v) is 7.12. The lowest BCUT2D eigenvalue weighted by Gasteiger charge is -2.14. The summed E-state index contributed by atoms with van der Waals surface area (Å²) in [6.45, 7) is 4.24. The van der Waals surface area contributed by atoms with Gasteiger partial charge in [0.15, 0.2) is 9.84 Å². The van der Waals surface area contributed by atoms with Gasteiger partial charge in [-0.2, -0.15) is 0 Å². The molecule has 1 aromatic carbocycles. The van der Waals surface area contributed by atoms with Gasteiger partial charge in [-0.05, 0) is 31.0 Å². The first-order chi connectivity index (χ1) is 8.96. The lowest BCUT2D eigenvalue weighted by Crippen LogP contribution is -2.32. The lowest BCUT2D eigenvalue weighted by atomic mass is 10.1. The van der Waals surface area contributed by atoms with Crippen molar-refractivity contribution in [3.63, 3.8) is 0 Å². The van der Waals surface area contributed by atoms with Gasteiger partial charge in [0, 0.05) is 18.3 Å². The Morgan fingerprint density at radius 2 is 1.89 bits per heavy atom. The highest BCUT2D eigenvalue weighted by Gasteiger charge is 2.08. The molecule has 1 aromatic rings. The first kappa shape index (κ1) is 16.0. The molecule has 0 aliphatic carbocycles. The zero-order valence-electron chi connectivity index (χ0n) is 11.8. The van der Waals surface area contributed by atoms with E-state index in [-0.39, 0.29) is 17.5 Å². The van der Waals surface area contributed by atoms with Crippen molar-refractivity contribution in [3.8, 4) is 5.75 Å². The van der Waals surface area contributed by atoms with Crippen LogP contribution >= 0.6 is 0 Å². The van der Waals surface area contributed by atoms with Crippen molar-refractivity contribution >= 4 is 9.84 Å². The molecule has 108 valence electrons. The molecule has 0 heterocycles. The van der Waals surface area contributed by atoms with Crippen LogP contribution in [0.2, 0.25) is 0 Å². The van der Waals surface area contributed by atoms with E-state index in [4.69, 9.17) is 4.74 Å². The smallest absolute Gasteiger partial charge is 0.151 e. The molecule has 19 heavy (non-hydrogen) atoms. The number of nitrogens with one attached hydrogen (secondary N) is 1. The standard InChI is InChI=1S/C14H23NO3S/c1-4-19(16,17)10-9-15-12(2)11-13-5-7-14(18-3)8-6-13/h5-8,12,15H,4,9-11H2,1-3H3. The molecule has 0 aliphatic heterocycles. The highest BCUT2D eigenvalue weighted by molar-refractivity contribution is 7.91. The number of benzene rings is 1. The fraction of sp³-hybridized carbons (Fsp3) is 0.571. The average molecular weight is 285 g/mol. The van der Waals surface area contributed by atoms with E-state index in [9.17, 15) is 8.42 Å². The molecule has 5 heteroatoms. The van der Waals surface area contributed by atoms with Crippen LogP contribution in [0.15, 0.2) is 24.3 Å². The molecule has 4 nitrogen and oxygen atoms in total. The maximum Gasteiger partial charge on any atom is 0.151 e. The van der Waals surface area contributed by atoms with Gasteiger partial charge in [0.25, 0.3) is 0 Å². The molecule has 0 radical (unpaired) electrons. The fourth-order valence-corrected chi connectivity index (χ4v) is 2.51. The second kappa shape index (κ2) is 7.50. The van der Waals surface area contributed by atoms with Crippen LogP contribution in [0.4, 0.5) is 0 Å². The highest BCUT2D eigenvalue weighted by atomic mass is 32.2. The van der Waals surface area contributed by atoms with Gasteiger partial charge in [-0.15, -0.1) is 0 Å². The summed E-state index contributed by atoms with van der Waals surface area (Å²) in [7, 11) is -1.23. The Hall–Kier alpha value is -1.07. The SMILES string of the molecule is CCS(=O)(=O)CCNC(C)Cc1ccc(OC)cc1. The summed E-state index contributed by atoms with van der Waals surface area (Å²) in [5.41, 5.74) is 1.21. The molecule has 1 unspecified atom stereocenters. The van der Waals surface area contributed by atoms with E-state index in [0.29, 0.717) is 6.54 Å². The van der Waals surface area contributed by atoms with Gasteiger partial charge in [0.05, 0.1) is 12.9 Å². The minimum absolute atomic E-state index is 0.205. The number of ether oxygens (including phenoxy) is 1. The molecular weight excluding hydrogens is 262 g/mol. The molecular formula is C14H23NO3S. The van der Waals surface area contributed by atoms with Crippen LogP contribution in [0.1, 0.15) is 19.4 Å². The van der Waals surface area contributed by atoms with E-state index in [2.05, 4.69) is 12.2 Å². The van der Waals surface area contributed by atoms with Crippen LogP contribution in [-0.2, 0) is 16.3 Å². The van der Waals surface area contributed by atoms with Crippen LogP contribution < -0.4 is 10.1 Å². The molecule has 0 amide bonds. The van der Waals surface area contributed by atoms with E-state index in [1.54, 1.807) is 14.0 Å². The Balaban J connectivity index is 2.36. The molecule has 0 saturated carbocycles. The quantitative estimate of drug-likeness (QED) is 0.789. The maximum atomic E-state index is 11.4. The van der Waals surface area contributed by atoms with Crippen LogP contribution in [0, 0.1) is 0 Å². The van der Waals surface area contributed by atoms with Gasteiger partial charge >= 0.3 is 0 Å². The number of hydrogen-bond donors (Lipinski definition) is 1. The first-order valence-corrected chi connectivity index (χ1v) is 8.35. The van der Waals surface area contributed by atoms with Crippen LogP contribution in [0.5, 0.6) is 5.75 Å². The molecule has 0 spiro atoms. The predicted octanol–water partition coefficient (Wildman–Crippen LogP) is 1.65. The van der Waals surface area contributed by atoms with Gasteiger partial charge < -0.3 is 10.1 Å². The Labute approximate surface area is 116 Å². The maximum absolute atomic E-state index is 11.4. The molecule has 0 bridgehead atoms. The highest BCUT2D eigenvalue weighted by Crippen LogP contribution is 2.12. The zero-order valence-corrected chi connectivity index (χ0v) is 12.7. The van der Waals surface area contributed by atoms with Gasteiger partial charge in [-0.1, -0.05) is 19.1 Å². The van der Waals surface area contributed by atoms with E-state index in [1.165, 1.54) is 5.56 Å². The minimum atomic E-state index is -2.88. The van der Waals surface area contributed by atoms with E-state index >= 15 is 0 Å². The van der Waals surface area contributed by atoms with Crippen molar-refractivity contribution in [2.24, 2.45) is 0 Å². The minimum Gasteiger partial charge on any atom is -0.497 e. The van der Waals surface area contributed by atoms with E-state index in [0.717, 1.165) is 12.2 Å². The number of sulfone groups is 1. The molecule has 1 rings (SSSR count). The molecule has 0 saturated heterocycles. The van der Waals surface area contributed by atoms with Gasteiger partial charge in [0.2, 0.25) is 0 Å². The third-order valence-electron chi connectivity index (χ3n) is 3.05. The predicted molar refractivity (Wildman–Crippen MR) is 78.5 cm³/mol. The Morgan fingerprint density at radius 3 is 2.42 bits per heavy atom. The van der Waals surface area contributed by atoms with Crippen molar-refractivity contribution in [1.82, 2.24) is 5.32 Å². The van der Waals surface area contributed by atoms with Gasteiger partial charge in [-0.3, -0.25) is 0 Å². The van der Waals surface area contributed by atoms with Crippen LogP contribution in [-0.4, -0.2) is 39.6 Å². The summed E-state index contributed by atoms with van der Waals surface area (Å²) in [5, 5.41) is 3.24. The zero-order chi connectivity index (χ0) is 14.3. The van der Waals surface area contributed by atoms with Crippen molar-refractivity contribution < 1.29 is 13.2 Å². The molecule has 0 aromatic heterocycles. The van der Waals surface area contributed by atoms with Gasteiger partial charge in [0.1, 0.15) is 5.75 Å². The largest absolute Gasteiger partial charge is 0.497 e.